The number of nitrogens with zero attached hydrogens (tertiary/aromatic N) is 4. The number of amides is 1. The lowest BCUT2D eigenvalue weighted by Crippen LogP contribution is -2.49. The Hall–Kier alpha value is -2.56. The van der Waals surface area contributed by atoms with Gasteiger partial charge in [0, 0.05) is 31.7 Å². The number of anilines is 1. The molecule has 1 aliphatic heterocycles. The maximum absolute atomic E-state index is 12.8. The van der Waals surface area contributed by atoms with Crippen LogP contribution in [0, 0.1) is 0 Å². The number of aromatic nitrogens is 2. The number of hydrogen-bond acceptors (Lipinski definition) is 7. The van der Waals surface area contributed by atoms with Gasteiger partial charge in [-0.05, 0) is 29.1 Å². The van der Waals surface area contributed by atoms with Crippen LogP contribution in [0.25, 0.3) is 10.2 Å². The Balaban J connectivity index is 1.42. The number of carbonyl (C=O) groups is 1. The minimum atomic E-state index is -3.59. The number of benzene rings is 1. The molecule has 1 saturated heterocycles. The molecule has 1 fully saturated rings. The molecular weight excluding hydrogens is 398 g/mol. The number of rotatable bonds is 4. The second kappa shape index (κ2) is 7.46. The molecule has 3 aromatic rings. The minimum absolute atomic E-state index is 0.0647. The van der Waals surface area contributed by atoms with Crippen LogP contribution in [0.5, 0.6) is 0 Å². The zero-order valence-corrected chi connectivity index (χ0v) is 16.6. The SMILES string of the molecule is NS(=O)(=O)Cc1ccc(C(=O)N2CCN(c3ncnc4sccc34)CC2)cc1. The van der Waals surface area contributed by atoms with E-state index in [-0.39, 0.29) is 11.7 Å². The summed E-state index contributed by atoms with van der Waals surface area (Å²) in [5, 5.41) is 8.10. The number of carbonyl (C=O) groups excluding carboxylic acids is 1. The highest BCUT2D eigenvalue weighted by Crippen LogP contribution is 2.27. The smallest absolute Gasteiger partial charge is 0.253 e. The van der Waals surface area contributed by atoms with Crippen LogP contribution in [0.1, 0.15) is 15.9 Å². The zero-order valence-electron chi connectivity index (χ0n) is 15.0. The second-order valence-electron chi connectivity index (χ2n) is 6.62. The molecule has 146 valence electrons. The van der Waals surface area contributed by atoms with Crippen molar-refractivity contribution in [3.63, 3.8) is 0 Å². The summed E-state index contributed by atoms with van der Waals surface area (Å²) in [7, 11) is -3.59. The van der Waals surface area contributed by atoms with Crippen LogP contribution >= 0.6 is 11.3 Å². The highest BCUT2D eigenvalue weighted by Gasteiger charge is 2.24. The fourth-order valence-corrected chi connectivity index (χ4v) is 4.69. The number of fused-ring (bicyclic) bond motifs is 1. The van der Waals surface area contributed by atoms with Crippen LogP contribution in [-0.4, -0.2) is 55.4 Å². The number of piperazine rings is 1. The van der Waals surface area contributed by atoms with Gasteiger partial charge >= 0.3 is 0 Å². The monoisotopic (exact) mass is 417 g/mol. The van der Waals surface area contributed by atoms with E-state index < -0.39 is 10.0 Å². The van der Waals surface area contributed by atoms with Crippen LogP contribution in [0.2, 0.25) is 0 Å². The fourth-order valence-electron chi connectivity index (χ4n) is 3.31. The fraction of sp³-hybridized carbons (Fsp3) is 0.278. The Morgan fingerprint density at radius 3 is 2.46 bits per heavy atom. The van der Waals surface area contributed by atoms with Crippen LogP contribution < -0.4 is 10.0 Å². The van der Waals surface area contributed by atoms with Crippen molar-refractivity contribution in [2.45, 2.75) is 5.75 Å². The Labute approximate surface area is 166 Å². The summed E-state index contributed by atoms with van der Waals surface area (Å²) in [5.41, 5.74) is 1.10. The van der Waals surface area contributed by atoms with Crippen LogP contribution in [0.3, 0.4) is 0 Å². The first-order valence-electron chi connectivity index (χ1n) is 8.72. The van der Waals surface area contributed by atoms with Crippen molar-refractivity contribution in [1.82, 2.24) is 14.9 Å². The average molecular weight is 418 g/mol. The molecule has 8 nitrogen and oxygen atoms in total. The number of hydrogen-bond donors (Lipinski definition) is 1. The van der Waals surface area contributed by atoms with E-state index in [4.69, 9.17) is 5.14 Å². The Morgan fingerprint density at radius 2 is 1.79 bits per heavy atom. The van der Waals surface area contributed by atoms with Gasteiger partial charge in [-0.15, -0.1) is 11.3 Å². The predicted molar refractivity (Wildman–Crippen MR) is 109 cm³/mol. The molecule has 1 aliphatic rings. The normalized spacial score (nSPS) is 15.2. The summed E-state index contributed by atoms with van der Waals surface area (Å²) in [4.78, 5) is 26.4. The van der Waals surface area contributed by atoms with Gasteiger partial charge in [-0.1, -0.05) is 12.1 Å². The molecule has 10 heteroatoms. The van der Waals surface area contributed by atoms with Crippen LogP contribution in [-0.2, 0) is 15.8 Å². The second-order valence-corrected chi connectivity index (χ2v) is 9.13. The van der Waals surface area contributed by atoms with Gasteiger partial charge in [-0.2, -0.15) is 0 Å². The van der Waals surface area contributed by atoms with E-state index in [9.17, 15) is 13.2 Å². The van der Waals surface area contributed by atoms with Gasteiger partial charge in [-0.3, -0.25) is 4.79 Å². The third kappa shape index (κ3) is 3.98. The minimum Gasteiger partial charge on any atom is -0.352 e. The van der Waals surface area contributed by atoms with Crippen molar-refractivity contribution in [1.29, 1.82) is 0 Å². The maximum atomic E-state index is 12.8. The molecule has 4 rings (SSSR count). The Kier molecular flexibility index (Phi) is 5.00. The van der Waals surface area contributed by atoms with E-state index >= 15 is 0 Å². The highest BCUT2D eigenvalue weighted by atomic mass is 32.2. The van der Waals surface area contributed by atoms with Crippen LogP contribution in [0.4, 0.5) is 5.82 Å². The van der Waals surface area contributed by atoms with Crippen LogP contribution in [0.15, 0.2) is 42.0 Å². The van der Waals surface area contributed by atoms with Gasteiger partial charge in [0.15, 0.2) is 0 Å². The van der Waals surface area contributed by atoms with Crippen molar-refractivity contribution in [3.05, 3.63) is 53.2 Å². The van der Waals surface area contributed by atoms with Gasteiger partial charge in [0.05, 0.1) is 11.1 Å². The molecule has 1 aromatic carbocycles. The van der Waals surface area contributed by atoms with Crippen molar-refractivity contribution in [3.8, 4) is 0 Å². The molecule has 0 spiro atoms. The lowest BCUT2D eigenvalue weighted by atomic mass is 10.1. The molecular formula is C18H19N5O3S2. The number of thiophene rings is 1. The van der Waals surface area contributed by atoms with Crippen molar-refractivity contribution in [2.24, 2.45) is 5.14 Å². The molecule has 2 N–H and O–H groups in total. The van der Waals surface area contributed by atoms with Gasteiger partial charge in [0.25, 0.3) is 5.91 Å². The first-order chi connectivity index (χ1) is 13.4. The Morgan fingerprint density at radius 1 is 1.07 bits per heavy atom. The number of nitrogens with two attached hydrogens (primary N) is 1. The molecule has 0 aliphatic carbocycles. The molecule has 0 radical (unpaired) electrons. The average Bonchev–Trinajstić information content (AvgIpc) is 3.16. The number of primary sulfonamides is 1. The van der Waals surface area contributed by atoms with E-state index in [1.54, 1.807) is 46.8 Å². The van der Waals surface area contributed by atoms with Crippen molar-refractivity contribution < 1.29 is 13.2 Å². The summed E-state index contributed by atoms with van der Waals surface area (Å²) in [6, 6.07) is 8.57. The van der Waals surface area contributed by atoms with E-state index in [1.807, 2.05) is 11.4 Å². The van der Waals surface area contributed by atoms with E-state index in [0.29, 0.717) is 37.3 Å². The van der Waals surface area contributed by atoms with Gasteiger partial charge in [-0.25, -0.2) is 23.5 Å². The molecule has 0 unspecified atom stereocenters. The maximum Gasteiger partial charge on any atom is 0.253 e. The number of sulfonamides is 1. The quantitative estimate of drug-likeness (QED) is 0.688. The van der Waals surface area contributed by atoms with E-state index in [2.05, 4.69) is 14.9 Å². The molecule has 0 saturated carbocycles. The van der Waals surface area contributed by atoms with Gasteiger partial charge in [0.1, 0.15) is 17.0 Å². The lowest BCUT2D eigenvalue weighted by molar-refractivity contribution is 0.0746. The third-order valence-corrected chi connectivity index (χ3v) is 6.23. The molecule has 0 atom stereocenters. The summed E-state index contributed by atoms with van der Waals surface area (Å²) in [6.07, 6.45) is 1.58. The molecule has 1 amide bonds. The molecule has 0 bridgehead atoms. The highest BCUT2D eigenvalue weighted by molar-refractivity contribution is 7.88. The van der Waals surface area contributed by atoms with E-state index in [0.717, 1.165) is 16.0 Å². The molecule has 3 heterocycles. The largest absolute Gasteiger partial charge is 0.352 e. The van der Waals surface area contributed by atoms with Crippen molar-refractivity contribution >= 4 is 43.3 Å². The lowest BCUT2D eigenvalue weighted by Gasteiger charge is -2.35. The molecule has 2 aromatic heterocycles. The Bertz CT molecular complexity index is 1100. The molecule has 28 heavy (non-hydrogen) atoms. The summed E-state index contributed by atoms with van der Waals surface area (Å²) in [5.74, 6) is 0.603. The first-order valence-corrected chi connectivity index (χ1v) is 11.3. The topological polar surface area (TPSA) is 109 Å². The first kappa shape index (κ1) is 18.8. The predicted octanol–water partition coefficient (Wildman–Crippen LogP) is 1.44. The summed E-state index contributed by atoms with van der Waals surface area (Å²) >= 11 is 1.58. The summed E-state index contributed by atoms with van der Waals surface area (Å²) in [6.45, 7) is 2.56. The van der Waals surface area contributed by atoms with Crippen molar-refractivity contribution in [2.75, 3.05) is 31.1 Å². The zero-order chi connectivity index (χ0) is 19.7. The summed E-state index contributed by atoms with van der Waals surface area (Å²) < 4.78 is 22.3. The van der Waals surface area contributed by atoms with E-state index in [1.165, 1.54) is 0 Å². The third-order valence-electron chi connectivity index (χ3n) is 4.68. The van der Waals surface area contributed by atoms with Gasteiger partial charge in [0.2, 0.25) is 10.0 Å². The van der Waals surface area contributed by atoms with Gasteiger partial charge < -0.3 is 9.80 Å². The standard InChI is InChI=1S/C18H19N5O3S2/c19-28(25,26)11-13-1-3-14(4-2-13)18(24)23-8-6-22(7-9-23)16-15-5-10-27-17(15)21-12-20-16/h1-5,10,12H,6-9,11H2,(H2,19,25,26).